The van der Waals surface area contributed by atoms with Gasteiger partial charge in [0.2, 0.25) is 12.2 Å². The Morgan fingerprint density at radius 3 is 1.51 bits per heavy atom. The van der Waals surface area contributed by atoms with Crippen LogP contribution in [0.5, 0.6) is 0 Å². The number of carbonyl (C=O) groups is 6. The Morgan fingerprint density at radius 1 is 0.692 bits per heavy atom. The molecule has 12 nitrogen and oxygen atoms in total. The van der Waals surface area contributed by atoms with E-state index in [2.05, 4.69) is 0 Å². The molecule has 0 unspecified atom stereocenters. The van der Waals surface area contributed by atoms with Crippen LogP contribution in [-0.2, 0) is 38.2 Å². The molecule has 1 fully saturated rings. The Balaban J connectivity index is 1.80. The normalized spacial score (nSPS) is 17.5. The standard InChI is InChI=1S/C27H27NO11/c1-15(2)23(31)37-26(16(3)4)38-27(34)39-28-21(29)19(35-24(32)17-11-7-5-8-12-17)20(22(28)30)36-25(33)18-13-9-6-10-14-18/h5-16,19-20,26H,1-4H3/t19-,20-,26+/m1/s1. The molecule has 0 N–H and O–H groups in total. The number of rotatable bonds is 9. The lowest BCUT2D eigenvalue weighted by atomic mass is 10.2. The number of esters is 3. The molecule has 2 aromatic carbocycles. The van der Waals surface area contributed by atoms with Gasteiger partial charge in [-0.3, -0.25) is 19.2 Å². The Kier molecular flexibility index (Phi) is 9.37. The maximum atomic E-state index is 13.1. The number of hydroxylamine groups is 2. The molecule has 2 amide bonds. The van der Waals surface area contributed by atoms with E-state index < -0.39 is 66.2 Å². The Morgan fingerprint density at radius 2 is 1.13 bits per heavy atom. The van der Waals surface area contributed by atoms with Gasteiger partial charge in [0, 0.05) is 5.92 Å². The van der Waals surface area contributed by atoms with Crippen molar-refractivity contribution < 1.29 is 52.6 Å². The quantitative estimate of drug-likeness (QED) is 0.199. The minimum Gasteiger partial charge on any atom is -0.444 e. The Labute approximate surface area is 223 Å². The summed E-state index contributed by atoms with van der Waals surface area (Å²) in [6.07, 6.45) is -6.88. The van der Waals surface area contributed by atoms with E-state index >= 15 is 0 Å². The fourth-order valence-corrected chi connectivity index (χ4v) is 3.17. The average molecular weight is 542 g/mol. The molecule has 206 valence electrons. The first-order valence-corrected chi connectivity index (χ1v) is 12.0. The molecule has 12 heteroatoms. The van der Waals surface area contributed by atoms with Gasteiger partial charge < -0.3 is 18.9 Å². The summed E-state index contributed by atoms with van der Waals surface area (Å²) in [4.78, 5) is 80.6. The van der Waals surface area contributed by atoms with Gasteiger partial charge in [0.1, 0.15) is 0 Å². The van der Waals surface area contributed by atoms with E-state index in [0.717, 1.165) is 0 Å². The fraction of sp³-hybridized carbons (Fsp3) is 0.333. The molecular weight excluding hydrogens is 514 g/mol. The van der Waals surface area contributed by atoms with Gasteiger partial charge >= 0.3 is 35.9 Å². The van der Waals surface area contributed by atoms with Crippen LogP contribution in [0.2, 0.25) is 0 Å². The van der Waals surface area contributed by atoms with Crippen LogP contribution in [0.4, 0.5) is 4.79 Å². The minimum atomic E-state index is -1.97. The fourth-order valence-electron chi connectivity index (χ4n) is 3.17. The van der Waals surface area contributed by atoms with Gasteiger partial charge in [0.05, 0.1) is 17.0 Å². The third kappa shape index (κ3) is 7.18. The minimum absolute atomic E-state index is 0.0180. The van der Waals surface area contributed by atoms with E-state index in [1.807, 2.05) is 0 Å². The number of hydrogen-bond donors (Lipinski definition) is 0. The highest BCUT2D eigenvalue weighted by atomic mass is 16.9. The van der Waals surface area contributed by atoms with Crippen LogP contribution >= 0.6 is 0 Å². The first kappa shape index (κ1) is 28.8. The largest absolute Gasteiger partial charge is 0.537 e. The summed E-state index contributed by atoms with van der Waals surface area (Å²) >= 11 is 0. The number of ether oxygens (including phenoxy) is 4. The van der Waals surface area contributed by atoms with Crippen molar-refractivity contribution in [3.05, 3.63) is 71.8 Å². The van der Waals surface area contributed by atoms with Gasteiger partial charge in [-0.1, -0.05) is 69.2 Å². The second-order valence-electron chi connectivity index (χ2n) is 9.02. The number of amides is 2. The molecule has 0 spiro atoms. The molecule has 39 heavy (non-hydrogen) atoms. The highest BCUT2D eigenvalue weighted by molar-refractivity contribution is 6.09. The van der Waals surface area contributed by atoms with Crippen molar-refractivity contribution in [2.24, 2.45) is 11.8 Å². The zero-order valence-corrected chi connectivity index (χ0v) is 21.6. The SMILES string of the molecule is CC(C)C(=O)O[C@@H](OC(=O)ON1C(=O)[C@H](OC(=O)c2ccccc2)[C@@H](OC(=O)c2ccccc2)C1=O)C(C)C. The van der Waals surface area contributed by atoms with Gasteiger partial charge in [-0.25, -0.2) is 14.4 Å². The summed E-state index contributed by atoms with van der Waals surface area (Å²) in [5.41, 5.74) is 0.104. The van der Waals surface area contributed by atoms with Crippen molar-refractivity contribution in [2.45, 2.75) is 46.2 Å². The van der Waals surface area contributed by atoms with Crippen molar-refractivity contribution >= 4 is 35.9 Å². The van der Waals surface area contributed by atoms with Crippen molar-refractivity contribution in [1.29, 1.82) is 0 Å². The third-order valence-electron chi connectivity index (χ3n) is 5.28. The van der Waals surface area contributed by atoms with E-state index in [9.17, 15) is 28.8 Å². The smallest absolute Gasteiger partial charge is 0.444 e. The van der Waals surface area contributed by atoms with Crippen LogP contribution in [0.3, 0.4) is 0 Å². The molecule has 2 aromatic rings. The van der Waals surface area contributed by atoms with Crippen LogP contribution in [0.25, 0.3) is 0 Å². The van der Waals surface area contributed by atoms with Gasteiger partial charge in [0.15, 0.2) is 0 Å². The van der Waals surface area contributed by atoms with Crippen LogP contribution in [0, 0.1) is 11.8 Å². The van der Waals surface area contributed by atoms with Crippen LogP contribution in [0.15, 0.2) is 60.7 Å². The first-order valence-electron chi connectivity index (χ1n) is 12.0. The summed E-state index contributed by atoms with van der Waals surface area (Å²) in [7, 11) is 0. The summed E-state index contributed by atoms with van der Waals surface area (Å²) in [6, 6.07) is 15.1. The van der Waals surface area contributed by atoms with Gasteiger partial charge in [-0.15, -0.1) is 0 Å². The molecule has 1 aliphatic heterocycles. The van der Waals surface area contributed by atoms with Crippen molar-refractivity contribution in [3.63, 3.8) is 0 Å². The number of benzene rings is 2. The second kappa shape index (κ2) is 12.7. The lowest BCUT2D eigenvalue weighted by Gasteiger charge is -2.22. The Bertz CT molecular complexity index is 1160. The zero-order valence-electron chi connectivity index (χ0n) is 21.6. The molecule has 0 aromatic heterocycles. The van der Waals surface area contributed by atoms with Gasteiger partial charge in [0.25, 0.3) is 6.29 Å². The summed E-state index contributed by atoms with van der Waals surface area (Å²) < 4.78 is 20.5. The first-order chi connectivity index (χ1) is 18.5. The molecule has 1 saturated heterocycles. The molecule has 0 radical (unpaired) electrons. The molecule has 0 bridgehead atoms. The van der Waals surface area contributed by atoms with E-state index in [1.54, 1.807) is 64.1 Å². The lowest BCUT2D eigenvalue weighted by molar-refractivity contribution is -0.202. The van der Waals surface area contributed by atoms with E-state index in [-0.39, 0.29) is 16.2 Å². The molecular formula is C27H27NO11. The van der Waals surface area contributed by atoms with E-state index in [1.165, 1.54) is 24.3 Å². The summed E-state index contributed by atoms with van der Waals surface area (Å²) in [6.45, 7) is 6.34. The highest BCUT2D eigenvalue weighted by Gasteiger charge is 2.55. The zero-order chi connectivity index (χ0) is 28.7. The molecule has 3 rings (SSSR count). The number of carbonyl (C=O) groups excluding carboxylic acids is 6. The van der Waals surface area contributed by atoms with Crippen LogP contribution in [-0.4, -0.2) is 59.4 Å². The van der Waals surface area contributed by atoms with Crippen molar-refractivity contribution in [3.8, 4) is 0 Å². The maximum absolute atomic E-state index is 13.1. The molecule has 1 aliphatic rings. The maximum Gasteiger partial charge on any atom is 0.537 e. The van der Waals surface area contributed by atoms with Crippen LogP contribution in [0.1, 0.15) is 48.4 Å². The Hall–Kier alpha value is -4.74. The molecule has 0 aliphatic carbocycles. The highest BCUT2D eigenvalue weighted by Crippen LogP contribution is 2.24. The second-order valence-corrected chi connectivity index (χ2v) is 9.02. The number of nitrogens with zero attached hydrogens (tertiary/aromatic N) is 1. The van der Waals surface area contributed by atoms with E-state index in [4.69, 9.17) is 23.8 Å². The van der Waals surface area contributed by atoms with Gasteiger partial charge in [-0.05, 0) is 24.3 Å². The third-order valence-corrected chi connectivity index (χ3v) is 5.28. The van der Waals surface area contributed by atoms with Gasteiger partial charge in [-0.2, -0.15) is 0 Å². The average Bonchev–Trinajstić information content (AvgIpc) is 3.12. The van der Waals surface area contributed by atoms with E-state index in [0.29, 0.717) is 0 Å². The lowest BCUT2D eigenvalue weighted by Crippen LogP contribution is -2.38. The number of hydrogen-bond acceptors (Lipinski definition) is 11. The number of imide groups is 1. The van der Waals surface area contributed by atoms with Crippen molar-refractivity contribution in [1.82, 2.24) is 5.06 Å². The van der Waals surface area contributed by atoms with Crippen LogP contribution < -0.4 is 0 Å². The summed E-state index contributed by atoms with van der Waals surface area (Å²) in [5.74, 6) is -6.27. The molecule has 0 saturated carbocycles. The topological polar surface area (TPSA) is 152 Å². The predicted octanol–water partition coefficient (Wildman–Crippen LogP) is 3.06. The predicted molar refractivity (Wildman–Crippen MR) is 130 cm³/mol. The monoisotopic (exact) mass is 541 g/mol. The summed E-state index contributed by atoms with van der Waals surface area (Å²) in [5, 5.41) is -0.0180. The molecule has 1 heterocycles. The molecule has 3 atom stereocenters. The van der Waals surface area contributed by atoms with Crippen molar-refractivity contribution in [2.75, 3.05) is 0 Å².